The number of amides is 1. The Kier molecular flexibility index (Phi) is 4.99. The van der Waals surface area contributed by atoms with Gasteiger partial charge in [-0.1, -0.05) is 11.8 Å². The summed E-state index contributed by atoms with van der Waals surface area (Å²) in [4.78, 5) is 30.8. The van der Waals surface area contributed by atoms with Crippen LogP contribution in [0.1, 0.15) is 19.3 Å². The molecule has 1 saturated heterocycles. The second kappa shape index (κ2) is 7.34. The number of carbonyl (C=O) groups excluding carboxylic acids is 1. The van der Waals surface area contributed by atoms with Crippen LogP contribution < -0.4 is 20.7 Å². The van der Waals surface area contributed by atoms with Crippen molar-refractivity contribution in [2.75, 3.05) is 29.2 Å². The first-order valence-corrected chi connectivity index (χ1v) is 8.45. The summed E-state index contributed by atoms with van der Waals surface area (Å²) in [6.45, 7) is 1.80. The third kappa shape index (κ3) is 4.25. The molecule has 0 bridgehead atoms. The summed E-state index contributed by atoms with van der Waals surface area (Å²) >= 11 is 0.993. The first-order chi connectivity index (χ1) is 11.6. The Bertz CT molecular complexity index is 770. The molecule has 1 aliphatic heterocycles. The van der Waals surface area contributed by atoms with Crippen molar-refractivity contribution < 1.29 is 19.2 Å². The van der Waals surface area contributed by atoms with Crippen molar-refractivity contribution in [1.29, 1.82) is 0 Å². The molecule has 0 aromatic carbocycles. The number of carbonyl (C=O) groups is 1. The monoisotopic (exact) mass is 353 g/mol. The molecule has 3 N–H and O–H groups in total. The van der Waals surface area contributed by atoms with E-state index in [0.29, 0.717) is 0 Å². The van der Waals surface area contributed by atoms with Gasteiger partial charge in [-0.3, -0.25) is 19.4 Å². The van der Waals surface area contributed by atoms with Gasteiger partial charge in [0.2, 0.25) is 17.1 Å². The van der Waals surface area contributed by atoms with Crippen LogP contribution in [0.2, 0.25) is 0 Å². The lowest BCUT2D eigenvalue weighted by atomic mass is 10.2. The van der Waals surface area contributed by atoms with Gasteiger partial charge in [-0.2, -0.15) is 9.99 Å². The van der Waals surface area contributed by atoms with Gasteiger partial charge in [-0.15, -0.1) is 0 Å². The van der Waals surface area contributed by atoms with Gasteiger partial charge < -0.3 is 10.1 Å². The molecule has 0 atom stereocenters. The van der Waals surface area contributed by atoms with Crippen LogP contribution in [0.4, 0.5) is 5.88 Å². The van der Waals surface area contributed by atoms with Crippen molar-refractivity contribution in [3.63, 3.8) is 0 Å². The van der Waals surface area contributed by atoms with Gasteiger partial charge in [0.05, 0.1) is 29.7 Å². The number of hydrogen-bond acceptors (Lipinski definition) is 8. The first-order valence-electron chi connectivity index (χ1n) is 7.47. The molecule has 3 rings (SSSR count). The second-order valence-electron chi connectivity index (χ2n) is 5.25. The number of nitrogens with zero attached hydrogens (tertiary/aromatic N) is 4. The van der Waals surface area contributed by atoms with E-state index in [2.05, 4.69) is 20.6 Å². The van der Waals surface area contributed by atoms with E-state index in [9.17, 15) is 14.7 Å². The Balaban J connectivity index is 1.53. The summed E-state index contributed by atoms with van der Waals surface area (Å²) < 4.78 is 5.10. The third-order valence-electron chi connectivity index (χ3n) is 3.39. The van der Waals surface area contributed by atoms with E-state index in [4.69, 9.17) is 4.52 Å². The molecule has 0 spiro atoms. The van der Waals surface area contributed by atoms with Crippen LogP contribution in [0.15, 0.2) is 26.7 Å². The number of rotatable bonds is 5. The molecule has 10 nitrogen and oxygen atoms in total. The Morgan fingerprint density at radius 3 is 3.00 bits per heavy atom. The molecular weight excluding hydrogens is 336 g/mol. The normalized spacial score (nSPS) is 14.6. The van der Waals surface area contributed by atoms with Crippen LogP contribution in [0.25, 0.3) is 0 Å². The van der Waals surface area contributed by atoms with Crippen molar-refractivity contribution in [3.8, 4) is 5.88 Å². The van der Waals surface area contributed by atoms with Gasteiger partial charge in [0.1, 0.15) is 0 Å². The Morgan fingerprint density at radius 2 is 2.25 bits per heavy atom. The van der Waals surface area contributed by atoms with Crippen molar-refractivity contribution in [3.05, 3.63) is 22.6 Å². The van der Waals surface area contributed by atoms with Crippen molar-refractivity contribution in [2.24, 2.45) is 0 Å². The zero-order valence-electron chi connectivity index (χ0n) is 12.8. The number of aromatic hydroxyl groups is 1. The summed E-state index contributed by atoms with van der Waals surface area (Å²) in [6.07, 6.45) is 5.03. The van der Waals surface area contributed by atoms with E-state index >= 15 is 0 Å². The molecule has 2 aromatic heterocycles. The van der Waals surface area contributed by atoms with E-state index in [1.54, 1.807) is 11.0 Å². The average molecular weight is 353 g/mol. The molecule has 2 aromatic rings. The molecule has 3 heterocycles. The number of thioether (sulfide) groups is 1. The Morgan fingerprint density at radius 1 is 1.46 bits per heavy atom. The quantitative estimate of drug-likeness (QED) is 0.376. The molecule has 0 unspecified atom stereocenters. The largest absolute Gasteiger partial charge is 0.493 e. The number of aromatic nitrogens is 4. The summed E-state index contributed by atoms with van der Waals surface area (Å²) in [6, 6.07) is 0.956. The number of aromatic amines is 1. The average Bonchev–Trinajstić information content (AvgIpc) is 3.01. The van der Waals surface area contributed by atoms with Gasteiger partial charge in [-0.25, -0.2) is 0 Å². The fourth-order valence-corrected chi connectivity index (χ4v) is 2.98. The van der Waals surface area contributed by atoms with Gasteiger partial charge in [0.15, 0.2) is 5.16 Å². The summed E-state index contributed by atoms with van der Waals surface area (Å²) in [5, 5.41) is 17.9. The lowest BCUT2D eigenvalue weighted by Crippen LogP contribution is -2.60. The number of nitrogens with one attached hydrogen (secondary N) is 2. The second-order valence-corrected chi connectivity index (χ2v) is 6.21. The van der Waals surface area contributed by atoms with E-state index < -0.39 is 5.56 Å². The summed E-state index contributed by atoms with van der Waals surface area (Å²) in [5.41, 5.74) is -0.483. The smallest absolute Gasteiger partial charge is 0.305 e. The first kappa shape index (κ1) is 16.3. The molecule has 1 amide bonds. The van der Waals surface area contributed by atoms with Crippen LogP contribution in [0.5, 0.6) is 5.88 Å². The van der Waals surface area contributed by atoms with Crippen molar-refractivity contribution >= 4 is 23.6 Å². The maximum atomic E-state index is 11.9. The van der Waals surface area contributed by atoms with E-state index in [1.807, 2.05) is 5.01 Å². The molecular formula is C13H17N6O4S+. The van der Waals surface area contributed by atoms with Crippen LogP contribution >= 0.6 is 11.8 Å². The summed E-state index contributed by atoms with van der Waals surface area (Å²) in [7, 11) is 0. The summed E-state index contributed by atoms with van der Waals surface area (Å²) in [5.74, 6) is -0.493. The number of anilines is 1. The highest BCUT2D eigenvalue weighted by atomic mass is 32.2. The molecule has 0 aliphatic carbocycles. The minimum atomic E-state index is -0.483. The fraction of sp³-hybridized carbons (Fsp3) is 0.462. The maximum Gasteiger partial charge on any atom is 0.305 e. The highest BCUT2D eigenvalue weighted by Gasteiger charge is 2.23. The maximum absolute atomic E-state index is 11.9. The van der Waals surface area contributed by atoms with Gasteiger partial charge in [0, 0.05) is 0 Å². The zero-order chi connectivity index (χ0) is 16.9. The van der Waals surface area contributed by atoms with Crippen molar-refractivity contribution in [1.82, 2.24) is 15.2 Å². The van der Waals surface area contributed by atoms with E-state index in [1.165, 1.54) is 6.42 Å². The van der Waals surface area contributed by atoms with Crippen molar-refractivity contribution in [2.45, 2.75) is 24.4 Å². The highest BCUT2D eigenvalue weighted by Crippen LogP contribution is 2.14. The Labute approximate surface area is 140 Å². The van der Waals surface area contributed by atoms with Crippen LogP contribution in [0, 0.1) is 0 Å². The van der Waals surface area contributed by atoms with E-state index in [-0.39, 0.29) is 28.6 Å². The lowest BCUT2D eigenvalue weighted by molar-refractivity contribution is -0.759. The molecule has 11 heteroatoms. The van der Waals surface area contributed by atoms with Crippen LogP contribution in [0.3, 0.4) is 0 Å². The lowest BCUT2D eigenvalue weighted by Gasteiger charge is -2.17. The zero-order valence-corrected chi connectivity index (χ0v) is 13.6. The topological polar surface area (TPSA) is 128 Å². The van der Waals surface area contributed by atoms with Gasteiger partial charge in [0.25, 0.3) is 11.8 Å². The highest BCUT2D eigenvalue weighted by molar-refractivity contribution is 7.99. The molecule has 1 fully saturated rings. The molecule has 0 radical (unpaired) electrons. The minimum absolute atomic E-state index is 0.00317. The van der Waals surface area contributed by atoms with E-state index in [0.717, 1.165) is 43.8 Å². The SMILES string of the molecule is O=C(CSc1nc(O)cc(=O)[nH]1)Nc1c[n+](N2CCCCC2)no1. The molecule has 1 aliphatic rings. The van der Waals surface area contributed by atoms with Gasteiger partial charge >= 0.3 is 5.88 Å². The standard InChI is InChI=1S/C13H16N6O4S/c20-9-6-10(21)16-13(15-9)24-8-11(22)14-12-7-19(17-23-12)18-4-2-1-3-5-18/h6-7H,1-5,8H2,(H2-,14,15,16,17,20,21,22)/p+1. The molecule has 128 valence electrons. The predicted octanol–water partition coefficient (Wildman–Crippen LogP) is -0.396. The van der Waals surface area contributed by atoms with Crippen LogP contribution in [-0.2, 0) is 4.79 Å². The number of H-pyrrole nitrogens is 1. The molecule has 24 heavy (non-hydrogen) atoms. The minimum Gasteiger partial charge on any atom is -0.493 e. The Hall–Kier alpha value is -2.56. The third-order valence-corrected chi connectivity index (χ3v) is 4.26. The number of piperidine rings is 1. The number of hydrogen-bond donors (Lipinski definition) is 3. The fourth-order valence-electron chi connectivity index (χ4n) is 2.31. The van der Waals surface area contributed by atoms with Crippen LogP contribution in [-0.4, -0.2) is 45.1 Å². The van der Waals surface area contributed by atoms with Gasteiger partial charge in [-0.05, 0) is 19.3 Å². The molecule has 0 saturated carbocycles. The predicted molar refractivity (Wildman–Crippen MR) is 84.4 cm³/mol.